The standard InChI is InChI=1S/C11H11N3OS/c12-4-3-8(13)7-1-2-10-9(5-7)14-11(15)6-16-10/h1-2,5,8H,3,6,13H2,(H,14,15). The molecule has 1 aromatic carbocycles. The zero-order valence-electron chi connectivity index (χ0n) is 8.56. The molecule has 0 bridgehead atoms. The fraction of sp³-hybridized carbons (Fsp3) is 0.273. The van der Waals surface area contributed by atoms with Crippen LogP contribution in [0.5, 0.6) is 0 Å². The van der Waals surface area contributed by atoms with Crippen LogP contribution in [0.1, 0.15) is 18.0 Å². The van der Waals surface area contributed by atoms with Crippen LogP contribution in [0.2, 0.25) is 0 Å². The summed E-state index contributed by atoms with van der Waals surface area (Å²) >= 11 is 1.51. The molecule has 4 nitrogen and oxygen atoms in total. The van der Waals surface area contributed by atoms with Crippen molar-refractivity contribution in [1.29, 1.82) is 5.26 Å². The maximum Gasteiger partial charge on any atom is 0.234 e. The van der Waals surface area contributed by atoms with E-state index in [0.717, 1.165) is 16.1 Å². The second-order valence-corrected chi connectivity index (χ2v) is 4.58. The first-order valence-electron chi connectivity index (χ1n) is 4.90. The number of nitriles is 1. The number of amides is 1. The number of benzene rings is 1. The number of hydrogen-bond donors (Lipinski definition) is 2. The van der Waals surface area contributed by atoms with E-state index >= 15 is 0 Å². The predicted octanol–water partition coefficient (Wildman–Crippen LogP) is 1.64. The zero-order valence-corrected chi connectivity index (χ0v) is 9.38. The number of hydrogen-bond acceptors (Lipinski definition) is 4. The molecule has 0 fully saturated rings. The van der Waals surface area contributed by atoms with E-state index in [2.05, 4.69) is 5.32 Å². The molecular formula is C11H11N3OS. The SMILES string of the molecule is N#CCC(N)c1ccc2c(c1)NC(=O)CS2. The van der Waals surface area contributed by atoms with E-state index in [4.69, 9.17) is 11.0 Å². The number of nitrogens with zero attached hydrogens (tertiary/aromatic N) is 1. The van der Waals surface area contributed by atoms with Gasteiger partial charge in [-0.2, -0.15) is 5.26 Å². The number of carbonyl (C=O) groups excluding carboxylic acids is 1. The van der Waals surface area contributed by atoms with Gasteiger partial charge in [0.1, 0.15) is 0 Å². The van der Waals surface area contributed by atoms with Crippen LogP contribution in [0.25, 0.3) is 0 Å². The van der Waals surface area contributed by atoms with Gasteiger partial charge in [0.2, 0.25) is 5.91 Å². The van der Waals surface area contributed by atoms with Crippen molar-refractivity contribution in [2.75, 3.05) is 11.1 Å². The Morgan fingerprint density at radius 2 is 2.44 bits per heavy atom. The van der Waals surface area contributed by atoms with E-state index in [1.165, 1.54) is 11.8 Å². The van der Waals surface area contributed by atoms with Crippen molar-refractivity contribution >= 4 is 23.4 Å². The zero-order chi connectivity index (χ0) is 11.5. The largest absolute Gasteiger partial charge is 0.324 e. The normalized spacial score (nSPS) is 15.9. The number of fused-ring (bicyclic) bond motifs is 1. The van der Waals surface area contributed by atoms with Crippen molar-refractivity contribution < 1.29 is 4.79 Å². The smallest absolute Gasteiger partial charge is 0.234 e. The molecule has 0 radical (unpaired) electrons. The van der Waals surface area contributed by atoms with Gasteiger partial charge in [0, 0.05) is 10.9 Å². The molecule has 0 aromatic heterocycles. The highest BCUT2D eigenvalue weighted by Crippen LogP contribution is 2.33. The number of nitrogens with one attached hydrogen (secondary N) is 1. The summed E-state index contributed by atoms with van der Waals surface area (Å²) < 4.78 is 0. The van der Waals surface area contributed by atoms with Crippen LogP contribution in [0, 0.1) is 11.3 Å². The lowest BCUT2D eigenvalue weighted by Crippen LogP contribution is -2.19. The van der Waals surface area contributed by atoms with E-state index in [-0.39, 0.29) is 18.4 Å². The Morgan fingerprint density at radius 1 is 1.62 bits per heavy atom. The van der Waals surface area contributed by atoms with Gasteiger partial charge in [-0.25, -0.2) is 0 Å². The molecule has 16 heavy (non-hydrogen) atoms. The Kier molecular flexibility index (Phi) is 3.13. The monoisotopic (exact) mass is 233 g/mol. The molecule has 0 aliphatic carbocycles. The van der Waals surface area contributed by atoms with Crippen LogP contribution in [0.15, 0.2) is 23.1 Å². The third kappa shape index (κ3) is 2.18. The summed E-state index contributed by atoms with van der Waals surface area (Å²) in [6, 6.07) is 7.44. The summed E-state index contributed by atoms with van der Waals surface area (Å²) in [4.78, 5) is 12.3. The Morgan fingerprint density at radius 3 is 3.19 bits per heavy atom. The Bertz CT molecular complexity index is 467. The Labute approximate surface area is 97.8 Å². The second kappa shape index (κ2) is 4.56. The molecule has 1 unspecified atom stereocenters. The van der Waals surface area contributed by atoms with Crippen LogP contribution in [-0.4, -0.2) is 11.7 Å². The topological polar surface area (TPSA) is 78.9 Å². The van der Waals surface area contributed by atoms with E-state index in [0.29, 0.717) is 5.75 Å². The molecule has 2 rings (SSSR count). The van der Waals surface area contributed by atoms with Gasteiger partial charge in [-0.15, -0.1) is 11.8 Å². The minimum atomic E-state index is -0.292. The van der Waals surface area contributed by atoms with Crippen LogP contribution < -0.4 is 11.1 Å². The van der Waals surface area contributed by atoms with Crippen LogP contribution in [0.4, 0.5) is 5.69 Å². The minimum absolute atomic E-state index is 0.00325. The van der Waals surface area contributed by atoms with Gasteiger partial charge < -0.3 is 11.1 Å². The molecule has 82 valence electrons. The molecule has 1 atom stereocenters. The maximum atomic E-state index is 11.2. The summed E-state index contributed by atoms with van der Waals surface area (Å²) in [5.74, 6) is 0.458. The number of nitrogens with two attached hydrogens (primary N) is 1. The average molecular weight is 233 g/mol. The molecule has 1 aromatic rings. The third-order valence-electron chi connectivity index (χ3n) is 2.38. The molecule has 0 saturated heterocycles. The fourth-order valence-electron chi connectivity index (χ4n) is 1.55. The summed E-state index contributed by atoms with van der Waals surface area (Å²) in [5.41, 5.74) is 7.51. The molecular weight excluding hydrogens is 222 g/mol. The highest BCUT2D eigenvalue weighted by molar-refractivity contribution is 8.00. The lowest BCUT2D eigenvalue weighted by Gasteiger charge is -2.18. The summed E-state index contributed by atoms with van der Waals surface area (Å²) in [6.07, 6.45) is 0.278. The molecule has 5 heteroatoms. The van der Waals surface area contributed by atoms with Gasteiger partial charge in [-0.3, -0.25) is 4.79 Å². The van der Waals surface area contributed by atoms with Gasteiger partial charge >= 0.3 is 0 Å². The van der Waals surface area contributed by atoms with E-state index < -0.39 is 0 Å². The molecule has 1 aliphatic rings. The Hall–Kier alpha value is -1.51. The van der Waals surface area contributed by atoms with E-state index in [1.807, 2.05) is 24.3 Å². The molecule has 1 aliphatic heterocycles. The maximum absolute atomic E-state index is 11.2. The number of anilines is 1. The molecule has 1 heterocycles. The van der Waals surface area contributed by atoms with Gasteiger partial charge in [0.05, 0.1) is 23.9 Å². The molecule has 3 N–H and O–H groups in total. The van der Waals surface area contributed by atoms with Crippen molar-refractivity contribution in [2.24, 2.45) is 5.73 Å². The van der Waals surface area contributed by atoms with Gasteiger partial charge in [-0.1, -0.05) is 6.07 Å². The number of rotatable bonds is 2. The van der Waals surface area contributed by atoms with Gasteiger partial charge in [0.15, 0.2) is 0 Å². The molecule has 1 amide bonds. The lowest BCUT2D eigenvalue weighted by molar-refractivity contribution is -0.113. The first kappa shape index (κ1) is 11.0. The van der Waals surface area contributed by atoms with Crippen LogP contribution >= 0.6 is 11.8 Å². The summed E-state index contributed by atoms with van der Waals surface area (Å²) in [7, 11) is 0. The highest BCUT2D eigenvalue weighted by Gasteiger charge is 2.16. The van der Waals surface area contributed by atoms with Crippen LogP contribution in [0.3, 0.4) is 0 Å². The van der Waals surface area contributed by atoms with Crippen molar-refractivity contribution in [1.82, 2.24) is 0 Å². The van der Waals surface area contributed by atoms with Crippen LogP contribution in [-0.2, 0) is 4.79 Å². The molecule has 0 saturated carbocycles. The summed E-state index contributed by atoms with van der Waals surface area (Å²) in [6.45, 7) is 0. The quantitative estimate of drug-likeness (QED) is 0.814. The van der Waals surface area contributed by atoms with Crippen molar-refractivity contribution in [3.8, 4) is 6.07 Å². The number of carbonyl (C=O) groups is 1. The van der Waals surface area contributed by atoms with E-state index in [1.54, 1.807) is 0 Å². The van der Waals surface area contributed by atoms with Crippen molar-refractivity contribution in [2.45, 2.75) is 17.4 Å². The fourth-order valence-corrected chi connectivity index (χ4v) is 2.34. The van der Waals surface area contributed by atoms with Crippen molar-refractivity contribution in [3.05, 3.63) is 23.8 Å². The Balaban J connectivity index is 2.28. The first-order valence-corrected chi connectivity index (χ1v) is 5.88. The summed E-state index contributed by atoms with van der Waals surface area (Å²) in [5, 5.41) is 11.4. The van der Waals surface area contributed by atoms with Gasteiger partial charge in [-0.05, 0) is 17.7 Å². The lowest BCUT2D eigenvalue weighted by atomic mass is 10.0. The van der Waals surface area contributed by atoms with E-state index in [9.17, 15) is 4.79 Å². The number of thioether (sulfide) groups is 1. The van der Waals surface area contributed by atoms with Gasteiger partial charge in [0.25, 0.3) is 0 Å². The minimum Gasteiger partial charge on any atom is -0.324 e. The average Bonchev–Trinajstić information content (AvgIpc) is 2.28. The second-order valence-electron chi connectivity index (χ2n) is 3.56. The third-order valence-corrected chi connectivity index (χ3v) is 3.45. The molecule has 0 spiro atoms. The predicted molar refractivity (Wildman–Crippen MR) is 63.0 cm³/mol. The van der Waals surface area contributed by atoms with Crippen molar-refractivity contribution in [3.63, 3.8) is 0 Å². The first-order chi connectivity index (χ1) is 7.70. The highest BCUT2D eigenvalue weighted by atomic mass is 32.2.